The molecule has 1 aromatic rings. The smallest absolute Gasteiger partial charge is 0.258 e. The molecule has 0 bridgehead atoms. The molecule has 0 aliphatic heterocycles. The number of aliphatic hydroxyl groups is 1. The van der Waals surface area contributed by atoms with E-state index in [-0.39, 0.29) is 11.6 Å². The minimum atomic E-state index is -3.55. The number of hydrogen-bond acceptors (Lipinski definition) is 4. The third kappa shape index (κ3) is 4.49. The molecule has 1 fully saturated rings. The summed E-state index contributed by atoms with van der Waals surface area (Å²) in [6.07, 6.45) is 7.20. The maximum absolute atomic E-state index is 12.2. The number of hydrogen-bond donors (Lipinski definition) is 2. The second-order valence-corrected chi connectivity index (χ2v) is 7.52. The molecule has 1 aromatic heterocycles. The van der Waals surface area contributed by atoms with Crippen LogP contribution < -0.4 is 4.72 Å². The van der Waals surface area contributed by atoms with Crippen molar-refractivity contribution in [2.24, 2.45) is 11.8 Å². The lowest BCUT2D eigenvalue weighted by molar-refractivity contribution is 0.270. The second kappa shape index (κ2) is 7.33. The van der Waals surface area contributed by atoms with Crippen molar-refractivity contribution in [3.05, 3.63) is 23.9 Å². The van der Waals surface area contributed by atoms with Gasteiger partial charge in [-0.15, -0.1) is 0 Å². The van der Waals surface area contributed by atoms with Gasteiger partial charge < -0.3 is 5.11 Å². The Morgan fingerprint density at radius 1 is 1.24 bits per heavy atom. The summed E-state index contributed by atoms with van der Waals surface area (Å²) in [5.41, 5.74) is 0.604. The summed E-state index contributed by atoms with van der Waals surface area (Å²) in [6.45, 7) is 2.57. The molecule has 0 unspecified atom stereocenters. The van der Waals surface area contributed by atoms with Gasteiger partial charge in [0.25, 0.3) is 10.0 Å². The zero-order chi connectivity index (χ0) is 15.3. The number of nitrogens with zero attached hydrogens (tertiary/aromatic N) is 1. The third-order valence-electron chi connectivity index (χ3n) is 4.36. The van der Waals surface area contributed by atoms with E-state index in [2.05, 4.69) is 16.6 Å². The van der Waals surface area contributed by atoms with Gasteiger partial charge in [0, 0.05) is 12.7 Å². The van der Waals surface area contributed by atoms with Crippen LogP contribution in [0.4, 0.5) is 0 Å². The lowest BCUT2D eigenvalue weighted by atomic mass is 9.81. The molecule has 0 spiro atoms. The van der Waals surface area contributed by atoms with Crippen LogP contribution in [-0.4, -0.2) is 25.1 Å². The fourth-order valence-corrected chi connectivity index (χ4v) is 3.85. The third-order valence-corrected chi connectivity index (χ3v) is 5.70. The molecule has 1 saturated carbocycles. The van der Waals surface area contributed by atoms with Gasteiger partial charge in [-0.25, -0.2) is 18.1 Å². The molecule has 21 heavy (non-hydrogen) atoms. The van der Waals surface area contributed by atoms with Gasteiger partial charge in [0.15, 0.2) is 5.03 Å². The SMILES string of the molecule is CCC1CCC(CNS(=O)(=O)c2ccc(CO)cn2)CC1. The van der Waals surface area contributed by atoms with Crippen molar-refractivity contribution in [2.75, 3.05) is 6.54 Å². The summed E-state index contributed by atoms with van der Waals surface area (Å²) in [5.74, 6) is 1.24. The van der Waals surface area contributed by atoms with Crippen molar-refractivity contribution in [2.45, 2.75) is 50.7 Å². The largest absolute Gasteiger partial charge is 0.392 e. The van der Waals surface area contributed by atoms with Gasteiger partial charge in [-0.05, 0) is 36.3 Å². The molecule has 1 aliphatic carbocycles. The van der Waals surface area contributed by atoms with Crippen LogP contribution in [0.3, 0.4) is 0 Å². The fourth-order valence-electron chi connectivity index (χ4n) is 2.81. The van der Waals surface area contributed by atoms with E-state index in [9.17, 15) is 8.42 Å². The maximum atomic E-state index is 12.2. The van der Waals surface area contributed by atoms with E-state index in [1.807, 2.05) is 0 Å². The number of rotatable bonds is 6. The first kappa shape index (κ1) is 16.4. The number of nitrogens with one attached hydrogen (secondary N) is 1. The van der Waals surface area contributed by atoms with E-state index in [1.165, 1.54) is 31.5 Å². The molecule has 0 saturated heterocycles. The normalized spacial score (nSPS) is 23.1. The molecule has 0 radical (unpaired) electrons. The summed E-state index contributed by atoms with van der Waals surface area (Å²) < 4.78 is 27.0. The molecule has 118 valence electrons. The summed E-state index contributed by atoms with van der Waals surface area (Å²) in [7, 11) is -3.55. The zero-order valence-electron chi connectivity index (χ0n) is 12.5. The highest BCUT2D eigenvalue weighted by Crippen LogP contribution is 2.30. The lowest BCUT2D eigenvalue weighted by Gasteiger charge is -2.27. The predicted molar refractivity (Wildman–Crippen MR) is 81.1 cm³/mol. The van der Waals surface area contributed by atoms with Crippen LogP contribution in [0.5, 0.6) is 0 Å². The van der Waals surface area contributed by atoms with Crippen molar-refractivity contribution in [1.82, 2.24) is 9.71 Å². The Labute approximate surface area is 126 Å². The number of aliphatic hydroxyl groups excluding tert-OH is 1. The quantitative estimate of drug-likeness (QED) is 0.843. The van der Waals surface area contributed by atoms with Crippen LogP contribution in [0, 0.1) is 11.8 Å². The lowest BCUT2D eigenvalue weighted by Crippen LogP contribution is -2.31. The maximum Gasteiger partial charge on any atom is 0.258 e. The van der Waals surface area contributed by atoms with Crippen LogP contribution >= 0.6 is 0 Å². The van der Waals surface area contributed by atoms with Crippen molar-refractivity contribution < 1.29 is 13.5 Å². The molecule has 1 heterocycles. The Hall–Kier alpha value is -0.980. The van der Waals surface area contributed by atoms with E-state index < -0.39 is 10.0 Å². The minimum Gasteiger partial charge on any atom is -0.392 e. The molecule has 5 nitrogen and oxygen atoms in total. The molecular formula is C15H24N2O3S. The van der Waals surface area contributed by atoms with Gasteiger partial charge in [-0.1, -0.05) is 32.3 Å². The first-order valence-corrected chi connectivity index (χ1v) is 9.09. The van der Waals surface area contributed by atoms with Gasteiger partial charge in [0.05, 0.1) is 6.61 Å². The van der Waals surface area contributed by atoms with Crippen molar-refractivity contribution >= 4 is 10.0 Å². The van der Waals surface area contributed by atoms with Crippen molar-refractivity contribution in [1.29, 1.82) is 0 Å². The van der Waals surface area contributed by atoms with E-state index >= 15 is 0 Å². The summed E-state index contributed by atoms with van der Waals surface area (Å²) in [4.78, 5) is 3.90. The average molecular weight is 312 g/mol. The molecule has 2 rings (SSSR count). The Balaban J connectivity index is 1.89. The highest BCUT2D eigenvalue weighted by Gasteiger charge is 2.22. The number of aromatic nitrogens is 1. The van der Waals surface area contributed by atoms with Gasteiger partial charge in [0.1, 0.15) is 0 Å². The fraction of sp³-hybridized carbons (Fsp3) is 0.667. The molecule has 0 atom stereocenters. The van der Waals surface area contributed by atoms with Gasteiger partial charge in [-0.2, -0.15) is 0 Å². The Morgan fingerprint density at radius 2 is 1.90 bits per heavy atom. The standard InChI is InChI=1S/C15H24N2O3S/c1-2-12-3-5-13(6-4-12)10-17-21(19,20)15-8-7-14(11-18)9-16-15/h7-9,12-13,17-18H,2-6,10-11H2,1H3. The highest BCUT2D eigenvalue weighted by molar-refractivity contribution is 7.89. The van der Waals surface area contributed by atoms with Crippen LogP contribution in [0.25, 0.3) is 0 Å². The Kier molecular flexibility index (Phi) is 5.72. The molecule has 0 amide bonds. The van der Waals surface area contributed by atoms with Crippen molar-refractivity contribution in [3.63, 3.8) is 0 Å². The molecular weight excluding hydrogens is 288 g/mol. The molecule has 2 N–H and O–H groups in total. The van der Waals surface area contributed by atoms with Crippen LogP contribution in [0.1, 0.15) is 44.6 Å². The van der Waals surface area contributed by atoms with Gasteiger partial charge in [0.2, 0.25) is 0 Å². The molecule has 1 aliphatic rings. The molecule has 6 heteroatoms. The summed E-state index contributed by atoms with van der Waals surface area (Å²) in [6, 6.07) is 3.01. The number of pyridine rings is 1. The number of sulfonamides is 1. The topological polar surface area (TPSA) is 79.3 Å². The Morgan fingerprint density at radius 3 is 2.43 bits per heavy atom. The monoisotopic (exact) mass is 312 g/mol. The average Bonchev–Trinajstić information content (AvgIpc) is 2.53. The Bertz CT molecular complexity index is 535. The van der Waals surface area contributed by atoms with Crippen LogP contribution in [-0.2, 0) is 16.6 Å². The van der Waals surface area contributed by atoms with Crippen molar-refractivity contribution in [3.8, 4) is 0 Å². The second-order valence-electron chi connectivity index (χ2n) is 5.81. The zero-order valence-corrected chi connectivity index (χ0v) is 13.3. The van der Waals surface area contributed by atoms with Gasteiger partial charge in [-0.3, -0.25) is 0 Å². The van der Waals surface area contributed by atoms with Gasteiger partial charge >= 0.3 is 0 Å². The van der Waals surface area contributed by atoms with E-state index in [0.29, 0.717) is 18.0 Å². The van der Waals surface area contributed by atoms with E-state index in [1.54, 1.807) is 6.07 Å². The van der Waals surface area contributed by atoms with Crippen LogP contribution in [0.15, 0.2) is 23.4 Å². The predicted octanol–water partition coefficient (Wildman–Crippen LogP) is 2.07. The summed E-state index contributed by atoms with van der Waals surface area (Å²) >= 11 is 0. The highest BCUT2D eigenvalue weighted by atomic mass is 32.2. The van der Waals surface area contributed by atoms with E-state index in [4.69, 9.17) is 5.11 Å². The van der Waals surface area contributed by atoms with E-state index in [0.717, 1.165) is 18.8 Å². The van der Waals surface area contributed by atoms with Crippen LogP contribution in [0.2, 0.25) is 0 Å². The minimum absolute atomic E-state index is 0.0157. The first-order valence-electron chi connectivity index (χ1n) is 7.60. The summed E-state index contributed by atoms with van der Waals surface area (Å²) in [5, 5.41) is 8.96. The molecule has 0 aromatic carbocycles. The first-order chi connectivity index (χ1) is 10.0.